The summed E-state index contributed by atoms with van der Waals surface area (Å²) >= 11 is 0. The fourth-order valence-corrected chi connectivity index (χ4v) is 2.07. The maximum absolute atomic E-state index is 11.3. The highest BCUT2D eigenvalue weighted by Gasteiger charge is 2.16. The number of carbonyl (C=O) groups is 1. The van der Waals surface area contributed by atoms with E-state index in [1.54, 1.807) is 0 Å². The van der Waals surface area contributed by atoms with Crippen molar-refractivity contribution in [1.29, 1.82) is 0 Å². The fourth-order valence-electron chi connectivity index (χ4n) is 2.07. The lowest BCUT2D eigenvalue weighted by atomic mass is 10.0. The highest BCUT2D eigenvalue weighted by molar-refractivity contribution is 5.82. The third-order valence-corrected chi connectivity index (χ3v) is 2.99. The van der Waals surface area contributed by atoms with E-state index >= 15 is 0 Å². The maximum Gasteiger partial charge on any atom is 0.332 e. The molecule has 0 aromatic heterocycles. The molecule has 1 aromatic carbocycles. The summed E-state index contributed by atoms with van der Waals surface area (Å²) in [5.74, 6) is -0.314. The molecule has 1 saturated heterocycles. The van der Waals surface area contributed by atoms with Crippen molar-refractivity contribution in [3.8, 4) is 0 Å². The molecule has 0 amide bonds. The molecule has 0 aliphatic carbocycles. The number of ether oxygens (including phenoxy) is 1. The minimum absolute atomic E-state index is 0.233. The molecular formula is C14H18N2O2. The van der Waals surface area contributed by atoms with Crippen LogP contribution in [-0.2, 0) is 9.53 Å². The first kappa shape index (κ1) is 12.6. The Labute approximate surface area is 107 Å². The summed E-state index contributed by atoms with van der Waals surface area (Å²) in [4.78, 5) is 11.3. The van der Waals surface area contributed by atoms with E-state index in [-0.39, 0.29) is 12.0 Å². The highest BCUT2D eigenvalue weighted by Crippen LogP contribution is 2.21. The van der Waals surface area contributed by atoms with Gasteiger partial charge in [-0.2, -0.15) is 0 Å². The van der Waals surface area contributed by atoms with Crippen LogP contribution in [0.25, 0.3) is 0 Å². The lowest BCUT2D eigenvalue weighted by Gasteiger charge is -2.16. The predicted molar refractivity (Wildman–Crippen MR) is 69.9 cm³/mol. The molecule has 0 saturated carbocycles. The van der Waals surface area contributed by atoms with E-state index in [0.717, 1.165) is 25.2 Å². The molecule has 4 nitrogen and oxygen atoms in total. The van der Waals surface area contributed by atoms with Crippen LogP contribution < -0.4 is 10.6 Å². The van der Waals surface area contributed by atoms with Crippen molar-refractivity contribution in [1.82, 2.24) is 10.6 Å². The van der Waals surface area contributed by atoms with Crippen LogP contribution in [0.3, 0.4) is 0 Å². The summed E-state index contributed by atoms with van der Waals surface area (Å²) in [6, 6.07) is 10.5. The molecular weight excluding hydrogens is 228 g/mol. The molecule has 1 unspecified atom stereocenters. The zero-order chi connectivity index (χ0) is 12.8. The summed E-state index contributed by atoms with van der Waals surface area (Å²) in [7, 11) is 1.39. The van der Waals surface area contributed by atoms with Crippen molar-refractivity contribution in [2.24, 2.45) is 0 Å². The van der Waals surface area contributed by atoms with Crippen molar-refractivity contribution in [3.05, 3.63) is 47.7 Å². The second-order valence-electron chi connectivity index (χ2n) is 4.24. The molecule has 0 radical (unpaired) electrons. The number of esters is 1. The van der Waals surface area contributed by atoms with Gasteiger partial charge in [0.1, 0.15) is 0 Å². The van der Waals surface area contributed by atoms with Gasteiger partial charge in [-0.1, -0.05) is 30.3 Å². The summed E-state index contributed by atoms with van der Waals surface area (Å²) in [6.07, 6.45) is 2.29. The molecule has 1 heterocycles. The largest absolute Gasteiger partial charge is 0.466 e. The van der Waals surface area contributed by atoms with Gasteiger partial charge in [0.15, 0.2) is 0 Å². The van der Waals surface area contributed by atoms with Gasteiger partial charge in [0.05, 0.1) is 7.11 Å². The topological polar surface area (TPSA) is 50.4 Å². The van der Waals surface area contributed by atoms with Gasteiger partial charge in [-0.3, -0.25) is 0 Å². The second-order valence-corrected chi connectivity index (χ2v) is 4.24. The third kappa shape index (κ3) is 3.34. The Bertz CT molecular complexity index is 429. The number of hydrogen-bond acceptors (Lipinski definition) is 4. The van der Waals surface area contributed by atoms with Crippen LogP contribution in [0.1, 0.15) is 18.0 Å². The van der Waals surface area contributed by atoms with Gasteiger partial charge < -0.3 is 15.4 Å². The molecule has 2 N–H and O–H groups in total. The zero-order valence-corrected chi connectivity index (χ0v) is 10.5. The predicted octanol–water partition coefficient (Wildman–Crippen LogP) is 1.37. The van der Waals surface area contributed by atoms with Gasteiger partial charge in [-0.15, -0.1) is 0 Å². The minimum Gasteiger partial charge on any atom is -0.466 e. The number of carbonyl (C=O) groups excluding carboxylic acids is 1. The van der Waals surface area contributed by atoms with E-state index in [1.807, 2.05) is 18.2 Å². The second kappa shape index (κ2) is 6.21. The average Bonchev–Trinajstić information content (AvgIpc) is 2.65. The van der Waals surface area contributed by atoms with Crippen molar-refractivity contribution in [2.45, 2.75) is 12.5 Å². The Kier molecular flexibility index (Phi) is 4.36. The van der Waals surface area contributed by atoms with Crippen LogP contribution in [0.15, 0.2) is 42.1 Å². The Morgan fingerprint density at radius 2 is 2.11 bits per heavy atom. The quantitative estimate of drug-likeness (QED) is 0.611. The Morgan fingerprint density at radius 3 is 2.83 bits per heavy atom. The number of rotatable bonds is 2. The Hall–Kier alpha value is -1.81. The van der Waals surface area contributed by atoms with Gasteiger partial charge in [0.25, 0.3) is 0 Å². The monoisotopic (exact) mass is 246 g/mol. The molecule has 96 valence electrons. The van der Waals surface area contributed by atoms with E-state index in [4.69, 9.17) is 0 Å². The van der Waals surface area contributed by atoms with Crippen molar-refractivity contribution in [3.63, 3.8) is 0 Å². The number of methoxy groups -OCH3 is 1. The average molecular weight is 246 g/mol. The number of hydrogen-bond donors (Lipinski definition) is 2. The van der Waals surface area contributed by atoms with Crippen LogP contribution in [0.5, 0.6) is 0 Å². The summed E-state index contributed by atoms with van der Waals surface area (Å²) in [5.41, 5.74) is 2.15. The van der Waals surface area contributed by atoms with Crippen molar-refractivity contribution in [2.75, 3.05) is 20.2 Å². The molecule has 0 bridgehead atoms. The molecule has 0 spiro atoms. The Morgan fingerprint density at radius 1 is 1.33 bits per heavy atom. The molecule has 1 aliphatic heterocycles. The van der Waals surface area contributed by atoms with Crippen molar-refractivity contribution >= 4 is 5.97 Å². The van der Waals surface area contributed by atoms with Gasteiger partial charge >= 0.3 is 5.97 Å². The van der Waals surface area contributed by atoms with Crippen LogP contribution in [-0.4, -0.2) is 26.2 Å². The van der Waals surface area contributed by atoms with Crippen LogP contribution in [0.4, 0.5) is 0 Å². The smallest absolute Gasteiger partial charge is 0.332 e. The van der Waals surface area contributed by atoms with E-state index in [9.17, 15) is 4.79 Å². The lowest BCUT2D eigenvalue weighted by Crippen LogP contribution is -2.23. The van der Waals surface area contributed by atoms with Gasteiger partial charge in [0, 0.05) is 37.3 Å². The summed E-state index contributed by atoms with van der Waals surface area (Å²) in [6.45, 7) is 1.68. The Balaban J connectivity index is 2.13. The third-order valence-electron chi connectivity index (χ3n) is 2.99. The van der Waals surface area contributed by atoms with Crippen LogP contribution in [0, 0.1) is 0 Å². The molecule has 18 heavy (non-hydrogen) atoms. The normalized spacial score (nSPS) is 22.1. The molecule has 2 rings (SSSR count). The fraction of sp³-hybridized carbons (Fsp3) is 0.357. The minimum atomic E-state index is -0.314. The molecule has 1 aromatic rings. The van der Waals surface area contributed by atoms with Crippen LogP contribution in [0.2, 0.25) is 0 Å². The number of benzene rings is 1. The van der Waals surface area contributed by atoms with Gasteiger partial charge in [-0.25, -0.2) is 4.79 Å². The van der Waals surface area contributed by atoms with E-state index in [0.29, 0.717) is 0 Å². The first-order valence-corrected chi connectivity index (χ1v) is 6.10. The first-order chi connectivity index (χ1) is 8.79. The molecule has 1 atom stereocenters. The van der Waals surface area contributed by atoms with Crippen molar-refractivity contribution < 1.29 is 9.53 Å². The lowest BCUT2D eigenvalue weighted by molar-refractivity contribution is -0.134. The molecule has 1 fully saturated rings. The maximum atomic E-state index is 11.3. The van der Waals surface area contributed by atoms with E-state index in [2.05, 4.69) is 27.5 Å². The standard InChI is InChI=1S/C14H18N2O2/c1-18-14(17)10-12-9-13(16-8-7-15-12)11-5-3-2-4-6-11/h2-6,10,13,15-16H,7-9H2,1H3/b12-10-. The highest BCUT2D eigenvalue weighted by atomic mass is 16.5. The molecule has 1 aliphatic rings. The first-order valence-electron chi connectivity index (χ1n) is 6.10. The SMILES string of the molecule is COC(=O)/C=C1/CC(c2ccccc2)NCCN1. The van der Waals surface area contributed by atoms with E-state index < -0.39 is 0 Å². The van der Waals surface area contributed by atoms with Crippen LogP contribution >= 0.6 is 0 Å². The zero-order valence-electron chi connectivity index (χ0n) is 10.5. The summed E-state index contributed by atoms with van der Waals surface area (Å²) < 4.78 is 4.66. The van der Waals surface area contributed by atoms with Gasteiger partial charge in [0.2, 0.25) is 0 Å². The van der Waals surface area contributed by atoms with E-state index in [1.165, 1.54) is 18.7 Å². The summed E-state index contributed by atoms with van der Waals surface area (Å²) in [5, 5.41) is 6.71. The van der Waals surface area contributed by atoms with Gasteiger partial charge in [-0.05, 0) is 5.56 Å². The number of nitrogens with one attached hydrogen (secondary N) is 2. The molecule has 4 heteroatoms.